The van der Waals surface area contributed by atoms with Gasteiger partial charge in [-0.25, -0.2) is 4.98 Å². The summed E-state index contributed by atoms with van der Waals surface area (Å²) in [7, 11) is 0. The number of nitrogens with one attached hydrogen (secondary N) is 1. The number of H-pyrrole nitrogens is 1. The van der Waals surface area contributed by atoms with Crippen LogP contribution in [0.25, 0.3) is 33.6 Å². The average molecular weight is 448 g/mol. The minimum atomic E-state index is 0.454. The molecule has 154 valence electrons. The summed E-state index contributed by atoms with van der Waals surface area (Å²) in [6, 6.07) is 16.3. The van der Waals surface area contributed by atoms with Crippen LogP contribution in [0.2, 0.25) is 5.02 Å². The lowest BCUT2D eigenvalue weighted by Crippen LogP contribution is -1.99. The summed E-state index contributed by atoms with van der Waals surface area (Å²) in [5.74, 6) is 2.90. The van der Waals surface area contributed by atoms with Crippen molar-refractivity contribution >= 4 is 34.3 Å². The molecule has 2 aromatic carbocycles. The van der Waals surface area contributed by atoms with Crippen molar-refractivity contribution in [2.75, 3.05) is 0 Å². The van der Waals surface area contributed by atoms with E-state index < -0.39 is 0 Å². The number of benzene rings is 2. The van der Waals surface area contributed by atoms with Crippen molar-refractivity contribution in [1.29, 1.82) is 0 Å². The summed E-state index contributed by atoms with van der Waals surface area (Å²) in [6.07, 6.45) is 6.08. The SMILES string of the molecule is Clc1ccc(-c2cnc(CSc3nnc(-c4c[nH]c5ccccc45)n3C3CC3)o2)cc1. The Morgan fingerprint density at radius 2 is 1.94 bits per heavy atom. The first-order valence-corrected chi connectivity index (χ1v) is 11.5. The maximum absolute atomic E-state index is 5.97. The number of aromatic amines is 1. The van der Waals surface area contributed by atoms with Gasteiger partial charge in [0.2, 0.25) is 5.89 Å². The van der Waals surface area contributed by atoms with E-state index >= 15 is 0 Å². The van der Waals surface area contributed by atoms with Crippen LogP contribution in [0, 0.1) is 0 Å². The number of oxazole rings is 1. The van der Waals surface area contributed by atoms with Crippen LogP contribution >= 0.6 is 23.4 Å². The molecule has 1 saturated carbocycles. The third-order valence-electron chi connectivity index (χ3n) is 5.41. The second-order valence-electron chi connectivity index (χ2n) is 7.57. The third-order valence-corrected chi connectivity index (χ3v) is 6.59. The number of halogens is 1. The van der Waals surface area contributed by atoms with Crippen LogP contribution in [0.5, 0.6) is 0 Å². The van der Waals surface area contributed by atoms with Gasteiger partial charge in [-0.2, -0.15) is 0 Å². The summed E-state index contributed by atoms with van der Waals surface area (Å²) >= 11 is 7.58. The van der Waals surface area contributed by atoms with Gasteiger partial charge in [0.25, 0.3) is 0 Å². The van der Waals surface area contributed by atoms with Crippen molar-refractivity contribution in [3.05, 3.63) is 71.8 Å². The second-order valence-corrected chi connectivity index (χ2v) is 8.95. The molecular formula is C23H18ClN5OS. The highest BCUT2D eigenvalue weighted by atomic mass is 35.5. The molecule has 0 saturated heterocycles. The molecule has 1 aliphatic rings. The summed E-state index contributed by atoms with van der Waals surface area (Å²) in [5.41, 5.74) is 3.14. The maximum Gasteiger partial charge on any atom is 0.205 e. The third kappa shape index (κ3) is 3.54. The number of aromatic nitrogens is 5. The second kappa shape index (κ2) is 7.59. The maximum atomic E-state index is 5.97. The Labute approximate surface area is 187 Å². The number of rotatable bonds is 6. The predicted octanol–water partition coefficient (Wildman–Crippen LogP) is 6.36. The summed E-state index contributed by atoms with van der Waals surface area (Å²) in [5, 5.41) is 11.8. The number of thioether (sulfide) groups is 1. The van der Waals surface area contributed by atoms with Crippen molar-refractivity contribution in [3.8, 4) is 22.7 Å². The number of hydrogen-bond donors (Lipinski definition) is 1. The van der Waals surface area contributed by atoms with Crippen molar-refractivity contribution in [3.63, 3.8) is 0 Å². The molecule has 1 fully saturated rings. The van der Waals surface area contributed by atoms with E-state index in [2.05, 4.69) is 36.9 Å². The first-order valence-electron chi connectivity index (χ1n) is 10.1. The summed E-state index contributed by atoms with van der Waals surface area (Å²) in [4.78, 5) is 7.78. The Bertz CT molecular complexity index is 1370. The molecule has 1 N–H and O–H groups in total. The predicted molar refractivity (Wildman–Crippen MR) is 122 cm³/mol. The van der Waals surface area contributed by atoms with Gasteiger partial charge in [0.1, 0.15) is 0 Å². The van der Waals surface area contributed by atoms with E-state index in [0.717, 1.165) is 51.6 Å². The minimum Gasteiger partial charge on any atom is -0.440 e. The lowest BCUT2D eigenvalue weighted by atomic mass is 10.1. The Balaban J connectivity index is 1.26. The fourth-order valence-corrected chi connectivity index (χ4v) is 4.71. The van der Waals surface area contributed by atoms with E-state index in [4.69, 9.17) is 16.0 Å². The van der Waals surface area contributed by atoms with Crippen molar-refractivity contribution < 1.29 is 4.42 Å². The zero-order valence-electron chi connectivity index (χ0n) is 16.5. The standard InChI is InChI=1S/C23H18ClN5OS/c24-15-7-5-14(6-8-15)20-12-26-21(30-20)13-31-23-28-27-22(29(23)16-9-10-16)18-11-25-19-4-2-1-3-17(18)19/h1-8,11-12,16,25H,9-10,13H2. The van der Waals surface area contributed by atoms with Crippen molar-refractivity contribution in [1.82, 2.24) is 24.7 Å². The molecule has 31 heavy (non-hydrogen) atoms. The van der Waals surface area contributed by atoms with Gasteiger partial charge in [0, 0.05) is 39.3 Å². The first-order chi connectivity index (χ1) is 15.3. The van der Waals surface area contributed by atoms with Crippen LogP contribution in [-0.2, 0) is 5.75 Å². The Morgan fingerprint density at radius 3 is 2.77 bits per heavy atom. The van der Waals surface area contributed by atoms with E-state index in [1.54, 1.807) is 18.0 Å². The Morgan fingerprint density at radius 1 is 1.10 bits per heavy atom. The molecule has 0 amide bonds. The monoisotopic (exact) mass is 447 g/mol. The van der Waals surface area contributed by atoms with E-state index in [1.165, 1.54) is 0 Å². The molecule has 0 aliphatic heterocycles. The number of hydrogen-bond acceptors (Lipinski definition) is 5. The topological polar surface area (TPSA) is 72.5 Å². The number of fused-ring (bicyclic) bond motifs is 1. The normalized spacial score (nSPS) is 13.8. The molecular weight excluding hydrogens is 430 g/mol. The van der Waals surface area contributed by atoms with Gasteiger partial charge in [-0.15, -0.1) is 10.2 Å². The average Bonchev–Trinajstić information content (AvgIpc) is 3.20. The summed E-state index contributed by atoms with van der Waals surface area (Å²) in [6.45, 7) is 0. The van der Waals surface area contributed by atoms with E-state index in [-0.39, 0.29) is 0 Å². The van der Waals surface area contributed by atoms with Crippen LogP contribution < -0.4 is 0 Å². The molecule has 3 aromatic heterocycles. The van der Waals surface area contributed by atoms with Crippen LogP contribution in [0.3, 0.4) is 0 Å². The molecule has 3 heterocycles. The highest BCUT2D eigenvalue weighted by Gasteiger charge is 2.31. The number of para-hydroxylation sites is 1. The first kappa shape index (κ1) is 18.7. The molecule has 8 heteroatoms. The van der Waals surface area contributed by atoms with Gasteiger partial charge < -0.3 is 9.40 Å². The van der Waals surface area contributed by atoms with Gasteiger partial charge in [0.05, 0.1) is 11.9 Å². The largest absolute Gasteiger partial charge is 0.440 e. The molecule has 5 aromatic rings. The van der Waals surface area contributed by atoms with Crippen LogP contribution in [0.4, 0.5) is 0 Å². The zero-order valence-corrected chi connectivity index (χ0v) is 18.0. The lowest BCUT2D eigenvalue weighted by molar-refractivity contribution is 0.529. The van der Waals surface area contributed by atoms with Gasteiger partial charge in [-0.05, 0) is 43.2 Å². The molecule has 6 rings (SSSR count). The highest BCUT2D eigenvalue weighted by Crippen LogP contribution is 2.42. The van der Waals surface area contributed by atoms with E-state index in [9.17, 15) is 0 Å². The molecule has 0 spiro atoms. The summed E-state index contributed by atoms with van der Waals surface area (Å²) < 4.78 is 8.21. The van der Waals surface area contributed by atoms with Crippen LogP contribution in [-0.4, -0.2) is 24.7 Å². The Kier molecular flexibility index (Phi) is 4.58. The molecule has 6 nitrogen and oxygen atoms in total. The fraction of sp³-hybridized carbons (Fsp3) is 0.174. The van der Waals surface area contributed by atoms with Crippen LogP contribution in [0.15, 0.2) is 70.5 Å². The molecule has 0 unspecified atom stereocenters. The molecule has 0 radical (unpaired) electrons. The van der Waals surface area contributed by atoms with E-state index in [1.807, 2.05) is 42.6 Å². The smallest absolute Gasteiger partial charge is 0.205 e. The lowest BCUT2D eigenvalue weighted by Gasteiger charge is -2.07. The molecule has 0 bridgehead atoms. The molecule has 1 aliphatic carbocycles. The number of nitrogens with zero attached hydrogens (tertiary/aromatic N) is 4. The fourth-order valence-electron chi connectivity index (χ4n) is 3.73. The van der Waals surface area contributed by atoms with Gasteiger partial charge in [0.15, 0.2) is 16.7 Å². The highest BCUT2D eigenvalue weighted by molar-refractivity contribution is 7.98. The van der Waals surface area contributed by atoms with Gasteiger partial charge >= 0.3 is 0 Å². The quantitative estimate of drug-likeness (QED) is 0.306. The zero-order chi connectivity index (χ0) is 20.8. The minimum absolute atomic E-state index is 0.454. The van der Waals surface area contributed by atoms with Gasteiger partial charge in [-0.1, -0.05) is 41.6 Å². The van der Waals surface area contributed by atoms with Gasteiger partial charge in [-0.3, -0.25) is 4.57 Å². The Hall–Kier alpha value is -3.03. The van der Waals surface area contributed by atoms with Crippen molar-refractivity contribution in [2.45, 2.75) is 29.8 Å². The van der Waals surface area contributed by atoms with E-state index in [0.29, 0.717) is 22.7 Å². The molecule has 0 atom stereocenters. The van der Waals surface area contributed by atoms with Crippen molar-refractivity contribution in [2.24, 2.45) is 0 Å². The van der Waals surface area contributed by atoms with Crippen LogP contribution in [0.1, 0.15) is 24.8 Å².